The first-order valence-electron chi connectivity index (χ1n) is 10.8. The number of amides is 2. The van der Waals surface area contributed by atoms with E-state index in [-0.39, 0.29) is 18.4 Å². The van der Waals surface area contributed by atoms with Gasteiger partial charge in [-0.3, -0.25) is 14.7 Å². The lowest BCUT2D eigenvalue weighted by Gasteiger charge is -2.31. The van der Waals surface area contributed by atoms with Crippen molar-refractivity contribution in [1.29, 1.82) is 0 Å². The summed E-state index contributed by atoms with van der Waals surface area (Å²) in [6.45, 7) is 1.48. The number of H-pyrrole nitrogens is 1. The van der Waals surface area contributed by atoms with Gasteiger partial charge in [-0.1, -0.05) is 0 Å². The summed E-state index contributed by atoms with van der Waals surface area (Å²) in [4.78, 5) is 36.5. The molecule has 1 fully saturated rings. The zero-order chi connectivity index (χ0) is 24.1. The zero-order valence-corrected chi connectivity index (χ0v) is 19.4. The Morgan fingerprint density at radius 3 is 2.41 bits per heavy atom. The molecule has 2 aromatic heterocycles. The Kier molecular flexibility index (Phi) is 6.90. The molecule has 4 rings (SSSR count). The van der Waals surface area contributed by atoms with Crippen molar-refractivity contribution in [1.82, 2.24) is 25.1 Å². The van der Waals surface area contributed by atoms with Crippen molar-refractivity contribution in [2.75, 3.05) is 51.1 Å². The average molecular weight is 466 g/mol. The van der Waals surface area contributed by atoms with E-state index in [9.17, 15) is 9.59 Å². The Hall–Kier alpha value is -4.15. The Labute approximate surface area is 197 Å². The summed E-state index contributed by atoms with van der Waals surface area (Å²) in [5.41, 5.74) is 2.18. The van der Waals surface area contributed by atoms with Gasteiger partial charge in [0.1, 0.15) is 17.3 Å². The third-order valence-corrected chi connectivity index (χ3v) is 5.60. The lowest BCUT2D eigenvalue weighted by molar-refractivity contribution is -0.129. The van der Waals surface area contributed by atoms with Crippen LogP contribution in [0, 0.1) is 0 Å². The summed E-state index contributed by atoms with van der Waals surface area (Å²) in [6.07, 6.45) is 4.31. The number of carbonyl (C=O) groups is 2. The largest absolute Gasteiger partial charge is 0.497 e. The number of carbonyl (C=O) groups excluding carboxylic acids is 2. The highest BCUT2D eigenvalue weighted by Gasteiger charge is 2.23. The van der Waals surface area contributed by atoms with Crippen molar-refractivity contribution in [3.8, 4) is 11.5 Å². The Morgan fingerprint density at radius 1 is 1.06 bits per heavy atom. The standard InChI is InChI=1S/C23H27N7O4/c1-29-6-7-30(14-21(29)31)23-24-12-16(13-25-23)22(32)26-20-10-17(27-28-20)5-4-15-8-18(33-2)11-19(9-15)34-3/h8-13H,4-7,14H2,1-3H3,(H2,26,27,28,32). The summed E-state index contributed by atoms with van der Waals surface area (Å²) in [5.74, 6) is 2.03. The third-order valence-electron chi connectivity index (χ3n) is 5.60. The van der Waals surface area contributed by atoms with Crippen LogP contribution in [-0.2, 0) is 17.6 Å². The van der Waals surface area contributed by atoms with E-state index in [4.69, 9.17) is 9.47 Å². The van der Waals surface area contributed by atoms with E-state index in [1.54, 1.807) is 37.1 Å². The number of ether oxygens (including phenoxy) is 2. The first-order chi connectivity index (χ1) is 16.4. The molecule has 2 N–H and O–H groups in total. The number of methoxy groups -OCH3 is 2. The normalized spacial score (nSPS) is 13.7. The van der Waals surface area contributed by atoms with E-state index >= 15 is 0 Å². The number of aryl methyl sites for hydroxylation is 2. The topological polar surface area (TPSA) is 126 Å². The molecule has 1 aliphatic rings. The second-order valence-electron chi connectivity index (χ2n) is 7.96. The Morgan fingerprint density at radius 2 is 1.76 bits per heavy atom. The number of anilines is 2. The number of nitrogens with one attached hydrogen (secondary N) is 2. The predicted octanol–water partition coefficient (Wildman–Crippen LogP) is 1.53. The van der Waals surface area contributed by atoms with Crippen LogP contribution in [0.15, 0.2) is 36.7 Å². The maximum atomic E-state index is 12.6. The van der Waals surface area contributed by atoms with Gasteiger partial charge in [-0.05, 0) is 30.5 Å². The van der Waals surface area contributed by atoms with Crippen LogP contribution >= 0.6 is 0 Å². The van der Waals surface area contributed by atoms with Gasteiger partial charge in [0.05, 0.1) is 32.0 Å². The zero-order valence-electron chi connectivity index (χ0n) is 19.4. The fourth-order valence-corrected chi connectivity index (χ4v) is 3.56. The molecule has 3 heterocycles. The molecule has 0 unspecified atom stereocenters. The fourth-order valence-electron chi connectivity index (χ4n) is 3.56. The van der Waals surface area contributed by atoms with Gasteiger partial charge in [-0.2, -0.15) is 5.10 Å². The number of rotatable bonds is 8. The Balaban J connectivity index is 1.33. The minimum absolute atomic E-state index is 0.0113. The van der Waals surface area contributed by atoms with E-state index in [0.29, 0.717) is 36.8 Å². The van der Waals surface area contributed by atoms with Crippen LogP contribution in [0.4, 0.5) is 11.8 Å². The van der Waals surface area contributed by atoms with Crippen molar-refractivity contribution in [3.63, 3.8) is 0 Å². The highest BCUT2D eigenvalue weighted by molar-refractivity contribution is 6.03. The highest BCUT2D eigenvalue weighted by atomic mass is 16.5. The summed E-state index contributed by atoms with van der Waals surface area (Å²) in [6, 6.07) is 7.53. The number of aromatic amines is 1. The number of nitrogens with zero attached hydrogens (tertiary/aromatic N) is 5. The first kappa shape index (κ1) is 23.0. The molecule has 0 aliphatic carbocycles. The van der Waals surface area contributed by atoms with E-state index in [0.717, 1.165) is 29.2 Å². The SMILES string of the molecule is COc1cc(CCc2cc(NC(=O)c3cnc(N4CCN(C)C(=O)C4)nc3)[nH]n2)cc(OC)c1. The summed E-state index contributed by atoms with van der Waals surface area (Å²) in [5, 5.41) is 9.89. The van der Waals surface area contributed by atoms with Gasteiger partial charge in [0, 0.05) is 44.7 Å². The minimum atomic E-state index is -0.353. The van der Waals surface area contributed by atoms with Crippen molar-refractivity contribution in [2.24, 2.45) is 0 Å². The molecule has 2 amide bonds. The number of piperazine rings is 1. The van der Waals surface area contributed by atoms with E-state index in [1.165, 1.54) is 12.4 Å². The molecule has 178 valence electrons. The average Bonchev–Trinajstić information content (AvgIpc) is 3.31. The molecular weight excluding hydrogens is 438 g/mol. The lowest BCUT2D eigenvalue weighted by atomic mass is 10.1. The van der Waals surface area contributed by atoms with E-state index < -0.39 is 0 Å². The number of hydrogen-bond donors (Lipinski definition) is 2. The number of hydrogen-bond acceptors (Lipinski definition) is 8. The predicted molar refractivity (Wildman–Crippen MR) is 125 cm³/mol. The van der Waals surface area contributed by atoms with Crippen molar-refractivity contribution in [3.05, 3.63) is 53.5 Å². The van der Waals surface area contributed by atoms with Crippen LogP contribution in [0.2, 0.25) is 0 Å². The number of likely N-dealkylation sites (N-methyl/N-ethyl adjacent to an activating group) is 1. The van der Waals surface area contributed by atoms with Gasteiger partial charge >= 0.3 is 0 Å². The van der Waals surface area contributed by atoms with Gasteiger partial charge in [-0.25, -0.2) is 9.97 Å². The Bertz CT molecular complexity index is 1140. The molecule has 0 spiro atoms. The fraction of sp³-hybridized carbons (Fsp3) is 0.348. The first-order valence-corrected chi connectivity index (χ1v) is 10.8. The van der Waals surface area contributed by atoms with Crippen molar-refractivity contribution in [2.45, 2.75) is 12.8 Å². The smallest absolute Gasteiger partial charge is 0.259 e. The molecule has 1 aromatic carbocycles. The summed E-state index contributed by atoms with van der Waals surface area (Å²) in [7, 11) is 5.01. The molecule has 34 heavy (non-hydrogen) atoms. The van der Waals surface area contributed by atoms with E-state index in [2.05, 4.69) is 25.5 Å². The summed E-state index contributed by atoms with van der Waals surface area (Å²) >= 11 is 0. The van der Waals surface area contributed by atoms with Crippen molar-refractivity contribution < 1.29 is 19.1 Å². The third kappa shape index (κ3) is 5.42. The van der Waals surface area contributed by atoms with Gasteiger partial charge in [0.2, 0.25) is 11.9 Å². The maximum Gasteiger partial charge on any atom is 0.259 e. The highest BCUT2D eigenvalue weighted by Crippen LogP contribution is 2.23. The van der Waals surface area contributed by atoms with Gasteiger partial charge in [0.15, 0.2) is 0 Å². The van der Waals surface area contributed by atoms with Crippen LogP contribution < -0.4 is 19.7 Å². The van der Waals surface area contributed by atoms with Crippen LogP contribution in [-0.4, -0.2) is 77.8 Å². The molecule has 1 saturated heterocycles. The second-order valence-corrected chi connectivity index (χ2v) is 7.96. The van der Waals surface area contributed by atoms with Gasteiger partial charge in [0.25, 0.3) is 5.91 Å². The molecule has 0 saturated carbocycles. The molecule has 0 atom stereocenters. The maximum absolute atomic E-state index is 12.6. The monoisotopic (exact) mass is 465 g/mol. The van der Waals surface area contributed by atoms with Crippen LogP contribution in [0.1, 0.15) is 21.6 Å². The quantitative estimate of drug-likeness (QED) is 0.513. The molecule has 11 heteroatoms. The second kappa shape index (κ2) is 10.2. The lowest BCUT2D eigenvalue weighted by Crippen LogP contribution is -2.49. The van der Waals surface area contributed by atoms with Crippen LogP contribution in [0.25, 0.3) is 0 Å². The number of benzene rings is 1. The molecule has 3 aromatic rings. The molecule has 1 aliphatic heterocycles. The van der Waals surface area contributed by atoms with Crippen molar-refractivity contribution >= 4 is 23.6 Å². The number of aromatic nitrogens is 4. The molecule has 0 bridgehead atoms. The minimum Gasteiger partial charge on any atom is -0.497 e. The van der Waals surface area contributed by atoms with Crippen LogP contribution in [0.3, 0.4) is 0 Å². The molecule has 11 nitrogen and oxygen atoms in total. The molecule has 0 radical (unpaired) electrons. The van der Waals surface area contributed by atoms with Gasteiger partial charge in [-0.15, -0.1) is 0 Å². The van der Waals surface area contributed by atoms with Gasteiger partial charge < -0.3 is 24.6 Å². The van der Waals surface area contributed by atoms with Crippen LogP contribution in [0.5, 0.6) is 11.5 Å². The van der Waals surface area contributed by atoms with E-state index in [1.807, 2.05) is 18.2 Å². The molecular formula is C23H27N7O4. The summed E-state index contributed by atoms with van der Waals surface area (Å²) < 4.78 is 10.6.